The zero-order valence-corrected chi connectivity index (χ0v) is 8.27. The minimum absolute atomic E-state index is 0.321. The first-order chi connectivity index (χ1) is 6.41. The molecule has 1 unspecified atom stereocenters. The van der Waals surface area contributed by atoms with Crippen LogP contribution < -0.4 is 5.73 Å². The number of hydrogen-bond acceptors (Lipinski definition) is 4. The van der Waals surface area contributed by atoms with Crippen LogP contribution in [0.1, 0.15) is 20.3 Å². The third-order valence-corrected chi connectivity index (χ3v) is 1.33. The summed E-state index contributed by atoms with van der Waals surface area (Å²) < 4.78 is 4.70. The second kappa shape index (κ2) is 6.15. The summed E-state index contributed by atoms with van der Waals surface area (Å²) in [5, 5.41) is 8.22. The molecule has 0 aliphatic carbocycles. The highest BCUT2D eigenvalue weighted by Gasteiger charge is 2.09. The fraction of sp³-hybridized carbons (Fsp3) is 0.556. The van der Waals surface area contributed by atoms with Crippen molar-refractivity contribution in [1.82, 2.24) is 0 Å². The van der Waals surface area contributed by atoms with Crippen LogP contribution in [0.25, 0.3) is 0 Å². The number of carboxylic acid groups (broad SMARTS) is 1. The molecule has 80 valence electrons. The molecule has 14 heavy (non-hydrogen) atoms. The summed E-state index contributed by atoms with van der Waals surface area (Å²) in [5.41, 5.74) is 5.46. The molecule has 0 aromatic carbocycles. The minimum Gasteiger partial charge on any atom is -0.478 e. The number of rotatable bonds is 5. The third kappa shape index (κ3) is 7.30. The lowest BCUT2D eigenvalue weighted by atomic mass is 10.1. The first-order valence-electron chi connectivity index (χ1n) is 4.29. The fourth-order valence-electron chi connectivity index (χ4n) is 0.841. The zero-order valence-electron chi connectivity index (χ0n) is 8.27. The van der Waals surface area contributed by atoms with Crippen LogP contribution in [0.2, 0.25) is 0 Å². The number of carbonyl (C=O) groups is 2. The van der Waals surface area contributed by atoms with E-state index >= 15 is 0 Å². The number of hydrogen-bond donors (Lipinski definition) is 2. The Morgan fingerprint density at radius 1 is 1.43 bits per heavy atom. The van der Waals surface area contributed by atoms with E-state index in [9.17, 15) is 9.59 Å². The molecule has 0 saturated carbocycles. The Kier molecular flexibility index (Phi) is 5.55. The average molecular weight is 201 g/mol. The van der Waals surface area contributed by atoms with Crippen molar-refractivity contribution in [2.75, 3.05) is 0 Å². The van der Waals surface area contributed by atoms with Crippen molar-refractivity contribution < 1.29 is 19.4 Å². The van der Waals surface area contributed by atoms with E-state index in [1.807, 2.05) is 13.8 Å². The lowest BCUT2D eigenvalue weighted by Crippen LogP contribution is -2.27. The SMILES string of the molecule is CC(C)CC(N)OC(=O)/C=C/C(=O)O. The van der Waals surface area contributed by atoms with E-state index in [0.29, 0.717) is 18.4 Å². The number of carboxylic acids is 1. The number of esters is 1. The van der Waals surface area contributed by atoms with Crippen LogP contribution in [0.3, 0.4) is 0 Å². The molecule has 0 rings (SSSR count). The molecule has 3 N–H and O–H groups in total. The van der Waals surface area contributed by atoms with Crippen molar-refractivity contribution in [1.29, 1.82) is 0 Å². The molecule has 0 bridgehead atoms. The normalized spacial score (nSPS) is 13.1. The highest BCUT2D eigenvalue weighted by atomic mass is 16.6. The van der Waals surface area contributed by atoms with E-state index in [1.54, 1.807) is 0 Å². The largest absolute Gasteiger partial charge is 0.478 e. The predicted molar refractivity (Wildman–Crippen MR) is 50.3 cm³/mol. The Hall–Kier alpha value is -1.36. The van der Waals surface area contributed by atoms with E-state index in [2.05, 4.69) is 0 Å². The summed E-state index contributed by atoms with van der Waals surface area (Å²) in [6.07, 6.45) is 1.42. The average Bonchev–Trinajstić information content (AvgIpc) is 1.98. The molecule has 1 atom stereocenters. The summed E-state index contributed by atoms with van der Waals surface area (Å²) in [5.74, 6) is -1.61. The fourth-order valence-corrected chi connectivity index (χ4v) is 0.841. The van der Waals surface area contributed by atoms with Gasteiger partial charge in [-0.05, 0) is 5.92 Å². The van der Waals surface area contributed by atoms with Gasteiger partial charge in [-0.2, -0.15) is 0 Å². The Labute approximate surface area is 82.5 Å². The van der Waals surface area contributed by atoms with E-state index in [0.717, 1.165) is 6.08 Å². The monoisotopic (exact) mass is 201 g/mol. The van der Waals surface area contributed by atoms with E-state index < -0.39 is 18.2 Å². The molecular formula is C9H15NO4. The van der Waals surface area contributed by atoms with Crippen LogP contribution in [0.5, 0.6) is 0 Å². The third-order valence-electron chi connectivity index (χ3n) is 1.33. The van der Waals surface area contributed by atoms with Gasteiger partial charge in [-0.3, -0.25) is 5.73 Å². The molecule has 5 nitrogen and oxygen atoms in total. The van der Waals surface area contributed by atoms with Crippen molar-refractivity contribution in [3.63, 3.8) is 0 Å². The lowest BCUT2D eigenvalue weighted by molar-refractivity contribution is -0.144. The minimum atomic E-state index is -1.20. The van der Waals surface area contributed by atoms with Crippen molar-refractivity contribution in [2.24, 2.45) is 11.7 Å². The first kappa shape index (κ1) is 12.6. The van der Waals surface area contributed by atoms with Crippen molar-refractivity contribution in [3.05, 3.63) is 12.2 Å². The van der Waals surface area contributed by atoms with E-state index in [-0.39, 0.29) is 0 Å². The standard InChI is InChI=1S/C9H15NO4/c1-6(2)5-7(10)14-9(13)4-3-8(11)12/h3-4,6-7H,5,10H2,1-2H3,(H,11,12)/b4-3+. The van der Waals surface area contributed by atoms with Crippen LogP contribution in [0, 0.1) is 5.92 Å². The summed E-state index contributed by atoms with van der Waals surface area (Å²) in [4.78, 5) is 20.9. The van der Waals surface area contributed by atoms with Crippen molar-refractivity contribution >= 4 is 11.9 Å². The van der Waals surface area contributed by atoms with E-state index in [1.165, 1.54) is 0 Å². The van der Waals surface area contributed by atoms with Gasteiger partial charge in [0.25, 0.3) is 0 Å². The molecule has 0 aliphatic rings. The van der Waals surface area contributed by atoms with Gasteiger partial charge in [0, 0.05) is 18.6 Å². The summed E-state index contributed by atoms with van der Waals surface area (Å²) >= 11 is 0. The molecule has 0 saturated heterocycles. The quantitative estimate of drug-likeness (QED) is 0.384. The smallest absolute Gasteiger partial charge is 0.332 e. The van der Waals surface area contributed by atoms with Gasteiger partial charge >= 0.3 is 11.9 Å². The maximum Gasteiger partial charge on any atom is 0.332 e. The van der Waals surface area contributed by atoms with Crippen molar-refractivity contribution in [2.45, 2.75) is 26.5 Å². The Balaban J connectivity index is 3.88. The number of carbonyl (C=O) groups excluding carboxylic acids is 1. The van der Waals surface area contributed by atoms with Gasteiger partial charge < -0.3 is 9.84 Å². The second-order valence-corrected chi connectivity index (χ2v) is 3.28. The summed E-state index contributed by atoms with van der Waals surface area (Å²) in [6, 6.07) is 0. The molecule has 0 radical (unpaired) electrons. The van der Waals surface area contributed by atoms with Gasteiger partial charge in [0.15, 0.2) is 6.23 Å². The maximum absolute atomic E-state index is 10.9. The number of aliphatic carboxylic acids is 1. The molecule has 0 amide bonds. The molecule has 0 aliphatic heterocycles. The molecule has 5 heteroatoms. The van der Waals surface area contributed by atoms with Gasteiger partial charge in [-0.1, -0.05) is 13.8 Å². The van der Waals surface area contributed by atoms with E-state index in [4.69, 9.17) is 15.6 Å². The Morgan fingerprint density at radius 2 is 2.00 bits per heavy atom. The Morgan fingerprint density at radius 3 is 2.43 bits per heavy atom. The van der Waals surface area contributed by atoms with Gasteiger partial charge in [-0.15, -0.1) is 0 Å². The summed E-state index contributed by atoms with van der Waals surface area (Å²) in [6.45, 7) is 3.89. The highest BCUT2D eigenvalue weighted by Crippen LogP contribution is 2.03. The maximum atomic E-state index is 10.9. The molecule has 0 heterocycles. The number of nitrogens with two attached hydrogens (primary N) is 1. The van der Waals surface area contributed by atoms with Crippen molar-refractivity contribution in [3.8, 4) is 0 Å². The second-order valence-electron chi connectivity index (χ2n) is 3.28. The van der Waals surface area contributed by atoms with Crippen LogP contribution in [-0.4, -0.2) is 23.3 Å². The lowest BCUT2D eigenvalue weighted by Gasteiger charge is -2.13. The predicted octanol–water partition coefficient (Wildman–Crippen LogP) is 0.501. The van der Waals surface area contributed by atoms with Gasteiger partial charge in [0.05, 0.1) is 0 Å². The molecule has 0 spiro atoms. The van der Waals surface area contributed by atoms with Crippen LogP contribution >= 0.6 is 0 Å². The van der Waals surface area contributed by atoms with Crippen LogP contribution in [0.4, 0.5) is 0 Å². The zero-order chi connectivity index (χ0) is 11.1. The summed E-state index contributed by atoms with van der Waals surface area (Å²) in [7, 11) is 0. The van der Waals surface area contributed by atoms with Gasteiger partial charge in [0.2, 0.25) is 0 Å². The molecule has 0 aromatic rings. The topological polar surface area (TPSA) is 89.6 Å². The van der Waals surface area contributed by atoms with Crippen LogP contribution in [0.15, 0.2) is 12.2 Å². The van der Waals surface area contributed by atoms with Gasteiger partial charge in [0.1, 0.15) is 0 Å². The number of ether oxygens (including phenoxy) is 1. The highest BCUT2D eigenvalue weighted by molar-refractivity contribution is 5.90. The molecule has 0 aromatic heterocycles. The first-order valence-corrected chi connectivity index (χ1v) is 4.29. The molecule has 0 fully saturated rings. The Bertz CT molecular complexity index is 235. The molecular weight excluding hydrogens is 186 g/mol. The van der Waals surface area contributed by atoms with Crippen LogP contribution in [-0.2, 0) is 14.3 Å². The van der Waals surface area contributed by atoms with Gasteiger partial charge in [-0.25, -0.2) is 9.59 Å².